The fraction of sp³-hybridized carbons (Fsp3) is 0.235. The number of aliphatic carboxylic acids is 1. The van der Waals surface area contributed by atoms with Gasteiger partial charge in [-0.25, -0.2) is 8.42 Å². The molecule has 0 heterocycles. The van der Waals surface area contributed by atoms with Gasteiger partial charge in [-0.05, 0) is 55.3 Å². The summed E-state index contributed by atoms with van der Waals surface area (Å²) in [5, 5.41) is 8.82. The summed E-state index contributed by atoms with van der Waals surface area (Å²) in [5.41, 5.74) is 1.41. The minimum Gasteiger partial charge on any atom is -0.494 e. The molecule has 6 nitrogen and oxygen atoms in total. The number of rotatable bonds is 7. The predicted molar refractivity (Wildman–Crippen MR) is 90.9 cm³/mol. The van der Waals surface area contributed by atoms with Crippen LogP contribution in [-0.4, -0.2) is 26.1 Å². The molecule has 2 N–H and O–H groups in total. The topological polar surface area (TPSA) is 92.7 Å². The van der Waals surface area contributed by atoms with E-state index in [-0.39, 0.29) is 11.3 Å². The zero-order chi connectivity index (χ0) is 17.7. The van der Waals surface area contributed by atoms with Crippen molar-refractivity contribution in [2.75, 3.05) is 11.3 Å². The summed E-state index contributed by atoms with van der Waals surface area (Å²) in [6, 6.07) is 11.1. The zero-order valence-corrected chi connectivity index (χ0v) is 14.3. The van der Waals surface area contributed by atoms with Crippen molar-refractivity contribution in [1.82, 2.24) is 0 Å². The van der Waals surface area contributed by atoms with E-state index < -0.39 is 16.0 Å². The highest BCUT2D eigenvalue weighted by molar-refractivity contribution is 7.92. The summed E-state index contributed by atoms with van der Waals surface area (Å²) in [4.78, 5) is 10.9. The molecule has 24 heavy (non-hydrogen) atoms. The van der Waals surface area contributed by atoms with Crippen LogP contribution in [0.25, 0.3) is 0 Å². The Bertz CT molecular complexity index is 846. The second-order valence-electron chi connectivity index (χ2n) is 5.24. The van der Waals surface area contributed by atoms with E-state index in [1.54, 1.807) is 37.3 Å². The second kappa shape index (κ2) is 7.35. The summed E-state index contributed by atoms with van der Waals surface area (Å²) < 4.78 is 32.9. The van der Waals surface area contributed by atoms with Gasteiger partial charge < -0.3 is 9.84 Å². The molecule has 128 valence electrons. The zero-order valence-electron chi connectivity index (χ0n) is 13.4. The van der Waals surface area contributed by atoms with E-state index in [0.717, 1.165) is 0 Å². The minimum atomic E-state index is -3.77. The number of carbonyl (C=O) groups is 1. The molecule has 0 saturated carbocycles. The Hall–Kier alpha value is -2.54. The Balaban J connectivity index is 2.27. The molecule has 0 aliphatic carbocycles. The van der Waals surface area contributed by atoms with Crippen molar-refractivity contribution in [1.29, 1.82) is 0 Å². The molecule has 0 atom stereocenters. The first-order valence-corrected chi connectivity index (χ1v) is 8.87. The molecule has 0 fully saturated rings. The molecular weight excluding hydrogens is 330 g/mol. The highest BCUT2D eigenvalue weighted by atomic mass is 32.2. The van der Waals surface area contributed by atoms with Gasteiger partial charge in [-0.15, -0.1) is 0 Å². The van der Waals surface area contributed by atoms with Crippen LogP contribution in [0.4, 0.5) is 5.69 Å². The van der Waals surface area contributed by atoms with E-state index in [9.17, 15) is 13.2 Å². The van der Waals surface area contributed by atoms with Crippen LogP contribution in [0, 0.1) is 6.92 Å². The van der Waals surface area contributed by atoms with Crippen molar-refractivity contribution in [3.63, 3.8) is 0 Å². The van der Waals surface area contributed by atoms with Crippen LogP contribution >= 0.6 is 0 Å². The maximum atomic E-state index is 12.6. The summed E-state index contributed by atoms with van der Waals surface area (Å²) in [6.45, 7) is 4.05. The number of ether oxygens (including phenoxy) is 1. The Morgan fingerprint density at radius 2 is 1.96 bits per heavy atom. The van der Waals surface area contributed by atoms with Gasteiger partial charge in [-0.1, -0.05) is 12.1 Å². The lowest BCUT2D eigenvalue weighted by Gasteiger charge is -2.12. The maximum absolute atomic E-state index is 12.6. The Labute approximate surface area is 141 Å². The first-order valence-electron chi connectivity index (χ1n) is 7.39. The maximum Gasteiger partial charge on any atom is 0.307 e. The highest BCUT2D eigenvalue weighted by Gasteiger charge is 2.17. The van der Waals surface area contributed by atoms with Gasteiger partial charge in [0.15, 0.2) is 0 Å². The van der Waals surface area contributed by atoms with Crippen LogP contribution in [-0.2, 0) is 21.2 Å². The first kappa shape index (κ1) is 17.8. The molecule has 7 heteroatoms. The number of carboxylic acid groups (broad SMARTS) is 1. The predicted octanol–water partition coefficient (Wildman–Crippen LogP) is 2.82. The molecule has 2 aromatic carbocycles. The van der Waals surface area contributed by atoms with E-state index in [2.05, 4.69) is 4.72 Å². The fourth-order valence-corrected chi connectivity index (χ4v) is 3.59. The van der Waals surface area contributed by atoms with Crippen LogP contribution in [0.3, 0.4) is 0 Å². The van der Waals surface area contributed by atoms with Gasteiger partial charge in [0.2, 0.25) is 0 Å². The summed E-state index contributed by atoms with van der Waals surface area (Å²) >= 11 is 0. The monoisotopic (exact) mass is 349 g/mol. The van der Waals surface area contributed by atoms with Crippen molar-refractivity contribution >= 4 is 21.7 Å². The molecule has 0 aliphatic heterocycles. The molecule has 2 aromatic rings. The third-order valence-corrected chi connectivity index (χ3v) is 4.82. The number of sulfonamides is 1. The smallest absolute Gasteiger partial charge is 0.307 e. The molecule has 0 aromatic heterocycles. The van der Waals surface area contributed by atoms with Crippen LogP contribution in [0.1, 0.15) is 18.1 Å². The van der Waals surface area contributed by atoms with Crippen molar-refractivity contribution in [3.05, 3.63) is 53.6 Å². The molecule has 0 amide bonds. The Morgan fingerprint density at radius 1 is 1.21 bits per heavy atom. The molecule has 0 aliphatic rings. The van der Waals surface area contributed by atoms with Crippen LogP contribution in [0.2, 0.25) is 0 Å². The molecular formula is C17H19NO5S. The lowest BCUT2D eigenvalue weighted by Crippen LogP contribution is -2.14. The standard InChI is InChI=1S/C17H19NO5S/c1-3-23-15-7-8-16(12(2)9-15)24(21,22)18-14-6-4-5-13(10-14)11-17(19)20/h4-10,18H,3,11H2,1-2H3,(H,19,20). The van der Waals surface area contributed by atoms with Crippen LogP contribution in [0.5, 0.6) is 5.75 Å². The number of carboxylic acids is 1. The first-order chi connectivity index (χ1) is 11.3. The summed E-state index contributed by atoms with van der Waals surface area (Å²) in [5.74, 6) is -0.366. The third kappa shape index (κ3) is 4.48. The van der Waals surface area contributed by atoms with Gasteiger partial charge in [0.1, 0.15) is 5.75 Å². The average Bonchev–Trinajstić information content (AvgIpc) is 2.46. The van der Waals surface area contributed by atoms with Gasteiger partial charge in [0.05, 0.1) is 17.9 Å². The Kier molecular flexibility index (Phi) is 5.46. The minimum absolute atomic E-state index is 0.148. The van der Waals surface area contributed by atoms with Gasteiger partial charge in [0, 0.05) is 5.69 Å². The third-order valence-electron chi connectivity index (χ3n) is 3.28. The molecule has 0 saturated heterocycles. The normalized spacial score (nSPS) is 11.1. The fourth-order valence-electron chi connectivity index (χ4n) is 2.31. The highest BCUT2D eigenvalue weighted by Crippen LogP contribution is 2.24. The van der Waals surface area contributed by atoms with E-state index in [4.69, 9.17) is 9.84 Å². The van der Waals surface area contributed by atoms with Gasteiger partial charge in [0.25, 0.3) is 10.0 Å². The van der Waals surface area contributed by atoms with Gasteiger partial charge in [-0.2, -0.15) is 0 Å². The van der Waals surface area contributed by atoms with E-state index in [1.807, 2.05) is 6.92 Å². The van der Waals surface area contributed by atoms with Gasteiger partial charge in [-0.3, -0.25) is 9.52 Å². The summed E-state index contributed by atoms with van der Waals surface area (Å²) in [6.07, 6.45) is -0.169. The molecule has 0 unspecified atom stereocenters. The van der Waals surface area contributed by atoms with Crippen molar-refractivity contribution in [2.45, 2.75) is 25.2 Å². The number of aryl methyl sites for hydroxylation is 1. The van der Waals surface area contributed by atoms with Crippen molar-refractivity contribution in [2.24, 2.45) is 0 Å². The van der Waals surface area contributed by atoms with Crippen LogP contribution in [0.15, 0.2) is 47.4 Å². The number of nitrogens with one attached hydrogen (secondary N) is 1. The molecule has 0 radical (unpaired) electrons. The molecule has 2 rings (SSSR count). The quantitative estimate of drug-likeness (QED) is 0.802. The molecule has 0 bridgehead atoms. The lowest BCUT2D eigenvalue weighted by molar-refractivity contribution is -0.136. The summed E-state index contributed by atoms with van der Waals surface area (Å²) in [7, 11) is -3.77. The van der Waals surface area contributed by atoms with E-state index in [1.165, 1.54) is 12.1 Å². The Morgan fingerprint density at radius 3 is 2.58 bits per heavy atom. The second-order valence-corrected chi connectivity index (χ2v) is 6.89. The van der Waals surface area contributed by atoms with Crippen molar-refractivity contribution < 1.29 is 23.1 Å². The van der Waals surface area contributed by atoms with Crippen molar-refractivity contribution in [3.8, 4) is 5.75 Å². The largest absolute Gasteiger partial charge is 0.494 e. The number of benzene rings is 2. The average molecular weight is 349 g/mol. The van der Waals surface area contributed by atoms with E-state index >= 15 is 0 Å². The van der Waals surface area contributed by atoms with Gasteiger partial charge >= 0.3 is 5.97 Å². The molecule has 0 spiro atoms. The number of hydrogen-bond acceptors (Lipinski definition) is 4. The SMILES string of the molecule is CCOc1ccc(S(=O)(=O)Nc2cccc(CC(=O)O)c2)c(C)c1. The van der Waals surface area contributed by atoms with Crippen LogP contribution < -0.4 is 9.46 Å². The lowest BCUT2D eigenvalue weighted by atomic mass is 10.1. The number of hydrogen-bond donors (Lipinski definition) is 2. The van der Waals surface area contributed by atoms with E-state index in [0.29, 0.717) is 29.2 Å². The number of anilines is 1.